The van der Waals surface area contributed by atoms with Crippen molar-refractivity contribution in [3.63, 3.8) is 0 Å². The van der Waals surface area contributed by atoms with Gasteiger partial charge in [-0.15, -0.1) is 0 Å². The lowest BCUT2D eigenvalue weighted by Crippen LogP contribution is -2.10. The summed E-state index contributed by atoms with van der Waals surface area (Å²) in [5.74, 6) is 1.63. The normalized spacial score (nSPS) is 23.2. The first-order valence-electron chi connectivity index (χ1n) is 7.20. The van der Waals surface area contributed by atoms with Crippen LogP contribution in [0.4, 0.5) is 0 Å². The first-order chi connectivity index (χ1) is 9.26. The predicted molar refractivity (Wildman–Crippen MR) is 79.0 cm³/mol. The molecule has 96 valence electrons. The third-order valence-electron chi connectivity index (χ3n) is 4.48. The van der Waals surface area contributed by atoms with Crippen molar-refractivity contribution < 1.29 is 0 Å². The molecular weight excluding hydrogens is 230 g/mol. The van der Waals surface area contributed by atoms with E-state index in [4.69, 9.17) is 5.26 Å². The number of nitriles is 1. The zero-order chi connectivity index (χ0) is 13.2. The summed E-state index contributed by atoms with van der Waals surface area (Å²) < 4.78 is 0. The molecule has 0 atom stereocenters. The zero-order valence-corrected chi connectivity index (χ0v) is 11.4. The number of hydrogen-bond donors (Lipinski definition) is 0. The highest BCUT2D eigenvalue weighted by Crippen LogP contribution is 2.36. The lowest BCUT2D eigenvalue weighted by atomic mass is 9.79. The van der Waals surface area contributed by atoms with E-state index in [1.165, 1.54) is 42.0 Å². The van der Waals surface area contributed by atoms with E-state index in [9.17, 15) is 0 Å². The van der Waals surface area contributed by atoms with Gasteiger partial charge in [-0.3, -0.25) is 0 Å². The van der Waals surface area contributed by atoms with E-state index in [1.807, 2.05) is 12.1 Å². The summed E-state index contributed by atoms with van der Waals surface area (Å²) in [6.45, 7) is 2.36. The Balaban J connectivity index is 1.92. The molecule has 0 bridgehead atoms. The SMILES string of the molecule is CC1CCC(c2ccc3cc(C#N)ccc3c2)CC1. The Hall–Kier alpha value is -1.81. The molecule has 1 heteroatoms. The Morgan fingerprint density at radius 3 is 2.37 bits per heavy atom. The van der Waals surface area contributed by atoms with Crippen molar-refractivity contribution in [2.75, 3.05) is 0 Å². The number of fused-ring (bicyclic) bond motifs is 1. The molecular formula is C18H19N. The minimum absolute atomic E-state index is 0.733. The number of nitrogens with zero attached hydrogens (tertiary/aromatic N) is 1. The van der Waals surface area contributed by atoms with Gasteiger partial charge in [-0.2, -0.15) is 5.26 Å². The Kier molecular flexibility index (Phi) is 3.25. The molecule has 0 aromatic heterocycles. The second kappa shape index (κ2) is 5.05. The van der Waals surface area contributed by atoms with Crippen LogP contribution >= 0.6 is 0 Å². The molecule has 0 radical (unpaired) electrons. The van der Waals surface area contributed by atoms with Crippen molar-refractivity contribution in [1.82, 2.24) is 0 Å². The molecule has 1 nitrogen and oxygen atoms in total. The molecule has 19 heavy (non-hydrogen) atoms. The summed E-state index contributed by atoms with van der Waals surface area (Å²) in [7, 11) is 0. The second-order valence-electron chi connectivity index (χ2n) is 5.89. The van der Waals surface area contributed by atoms with Crippen molar-refractivity contribution >= 4 is 10.8 Å². The highest BCUT2D eigenvalue weighted by molar-refractivity contribution is 5.84. The minimum atomic E-state index is 0.733. The molecule has 1 aliphatic carbocycles. The van der Waals surface area contributed by atoms with E-state index in [0.717, 1.165) is 17.4 Å². The molecule has 3 rings (SSSR count). The molecule has 0 aliphatic heterocycles. The predicted octanol–water partition coefficient (Wildman–Crippen LogP) is 5.01. The topological polar surface area (TPSA) is 23.8 Å². The van der Waals surface area contributed by atoms with E-state index < -0.39 is 0 Å². The molecule has 1 saturated carbocycles. The average molecular weight is 249 g/mol. The van der Waals surface area contributed by atoms with Gasteiger partial charge in [0.15, 0.2) is 0 Å². The second-order valence-corrected chi connectivity index (χ2v) is 5.89. The summed E-state index contributed by atoms with van der Waals surface area (Å²) in [4.78, 5) is 0. The van der Waals surface area contributed by atoms with Crippen LogP contribution in [0.3, 0.4) is 0 Å². The maximum absolute atomic E-state index is 8.93. The van der Waals surface area contributed by atoms with Gasteiger partial charge in [-0.25, -0.2) is 0 Å². The van der Waals surface area contributed by atoms with Crippen molar-refractivity contribution in [3.05, 3.63) is 47.5 Å². The maximum Gasteiger partial charge on any atom is 0.0991 e. The fourth-order valence-corrected chi connectivity index (χ4v) is 3.18. The van der Waals surface area contributed by atoms with Crippen LogP contribution < -0.4 is 0 Å². The molecule has 0 heterocycles. The van der Waals surface area contributed by atoms with E-state index in [1.54, 1.807) is 0 Å². The molecule has 0 spiro atoms. The fraction of sp³-hybridized carbons (Fsp3) is 0.389. The van der Waals surface area contributed by atoms with Crippen LogP contribution in [-0.4, -0.2) is 0 Å². The first kappa shape index (κ1) is 12.2. The van der Waals surface area contributed by atoms with E-state index in [-0.39, 0.29) is 0 Å². The fourth-order valence-electron chi connectivity index (χ4n) is 3.18. The maximum atomic E-state index is 8.93. The molecule has 2 aromatic carbocycles. The van der Waals surface area contributed by atoms with Crippen LogP contribution in [0, 0.1) is 17.2 Å². The van der Waals surface area contributed by atoms with Crippen LogP contribution in [-0.2, 0) is 0 Å². The molecule has 0 saturated heterocycles. The van der Waals surface area contributed by atoms with Crippen molar-refractivity contribution in [3.8, 4) is 6.07 Å². The van der Waals surface area contributed by atoms with Crippen molar-refractivity contribution in [2.45, 2.75) is 38.5 Å². The lowest BCUT2D eigenvalue weighted by molar-refractivity contribution is 0.348. The standard InChI is InChI=1S/C18H19N/c1-13-2-5-15(6-3-13)17-9-8-16-10-14(12-19)4-7-18(16)11-17/h4,7-11,13,15H,2-3,5-6H2,1H3. The Bertz CT molecular complexity index is 628. The van der Waals surface area contributed by atoms with Crippen LogP contribution in [0.1, 0.15) is 49.7 Å². The summed E-state index contributed by atoms with van der Waals surface area (Å²) >= 11 is 0. The van der Waals surface area contributed by atoms with Crippen LogP contribution in [0.5, 0.6) is 0 Å². The Morgan fingerprint density at radius 1 is 0.947 bits per heavy atom. The number of benzene rings is 2. The van der Waals surface area contributed by atoms with Crippen LogP contribution in [0.2, 0.25) is 0 Å². The average Bonchev–Trinajstić information content (AvgIpc) is 2.47. The smallest absolute Gasteiger partial charge is 0.0991 e. The van der Waals surface area contributed by atoms with Crippen molar-refractivity contribution in [2.24, 2.45) is 5.92 Å². The first-order valence-corrected chi connectivity index (χ1v) is 7.20. The minimum Gasteiger partial charge on any atom is -0.192 e. The molecule has 0 amide bonds. The van der Waals surface area contributed by atoms with Crippen LogP contribution in [0.15, 0.2) is 36.4 Å². The van der Waals surface area contributed by atoms with Gasteiger partial charge in [-0.05, 0) is 53.1 Å². The molecule has 0 unspecified atom stereocenters. The monoisotopic (exact) mass is 249 g/mol. The Labute approximate surface area is 114 Å². The molecule has 2 aromatic rings. The van der Waals surface area contributed by atoms with Gasteiger partial charge in [-0.1, -0.05) is 44.0 Å². The van der Waals surface area contributed by atoms with E-state index in [0.29, 0.717) is 0 Å². The summed E-state index contributed by atoms with van der Waals surface area (Å²) in [6, 6.07) is 14.9. The zero-order valence-electron chi connectivity index (χ0n) is 11.4. The van der Waals surface area contributed by atoms with Gasteiger partial charge in [0.1, 0.15) is 0 Å². The Morgan fingerprint density at radius 2 is 1.63 bits per heavy atom. The molecule has 0 N–H and O–H groups in total. The molecule has 1 aliphatic rings. The highest BCUT2D eigenvalue weighted by Gasteiger charge is 2.19. The van der Waals surface area contributed by atoms with E-state index in [2.05, 4.69) is 37.3 Å². The van der Waals surface area contributed by atoms with Crippen LogP contribution in [0.25, 0.3) is 10.8 Å². The van der Waals surface area contributed by atoms with Gasteiger partial charge < -0.3 is 0 Å². The number of hydrogen-bond acceptors (Lipinski definition) is 1. The van der Waals surface area contributed by atoms with E-state index >= 15 is 0 Å². The molecule has 1 fully saturated rings. The van der Waals surface area contributed by atoms with Gasteiger partial charge in [0, 0.05) is 0 Å². The van der Waals surface area contributed by atoms with Gasteiger partial charge in [0.2, 0.25) is 0 Å². The third kappa shape index (κ3) is 2.49. The largest absolute Gasteiger partial charge is 0.192 e. The van der Waals surface area contributed by atoms with Gasteiger partial charge >= 0.3 is 0 Å². The number of rotatable bonds is 1. The highest BCUT2D eigenvalue weighted by atomic mass is 14.3. The van der Waals surface area contributed by atoms with Gasteiger partial charge in [0.05, 0.1) is 11.6 Å². The quantitative estimate of drug-likeness (QED) is 0.697. The third-order valence-corrected chi connectivity index (χ3v) is 4.48. The lowest BCUT2D eigenvalue weighted by Gasteiger charge is -2.26. The summed E-state index contributed by atoms with van der Waals surface area (Å²) in [5.41, 5.74) is 2.22. The van der Waals surface area contributed by atoms with Gasteiger partial charge in [0.25, 0.3) is 0 Å². The summed E-state index contributed by atoms with van der Waals surface area (Å²) in [6.07, 6.45) is 5.36. The summed E-state index contributed by atoms with van der Waals surface area (Å²) in [5, 5.41) is 11.4. The van der Waals surface area contributed by atoms with Crippen molar-refractivity contribution in [1.29, 1.82) is 5.26 Å².